The van der Waals surface area contributed by atoms with Crippen molar-refractivity contribution in [3.63, 3.8) is 0 Å². The number of aromatic carboxylic acids is 2. The molecule has 2 aromatic carbocycles. The highest BCUT2D eigenvalue weighted by Gasteiger charge is 2.07. The zero-order valence-corrected chi connectivity index (χ0v) is 12.3. The summed E-state index contributed by atoms with van der Waals surface area (Å²) < 4.78 is 0. The van der Waals surface area contributed by atoms with Gasteiger partial charge in [0.1, 0.15) is 0 Å². The second kappa shape index (κ2) is 7.56. The number of hydrogen-bond acceptors (Lipinski definition) is 4. The van der Waals surface area contributed by atoms with Crippen LogP contribution < -0.4 is 5.73 Å². The molecule has 0 aliphatic carbocycles. The predicted molar refractivity (Wildman–Crippen MR) is 83.5 cm³/mol. The monoisotopic (exact) mass is 325 g/mol. The Morgan fingerprint density at radius 1 is 1.00 bits per heavy atom. The lowest BCUT2D eigenvalue weighted by Gasteiger charge is -1.98. The Labute approximate surface area is 131 Å². The molecule has 0 saturated heterocycles. The number of hydrogen-bond donors (Lipinski definition) is 4. The number of halogens is 1. The summed E-state index contributed by atoms with van der Waals surface area (Å²) in [6.45, 7) is 0. The molecular weight excluding hydrogens is 314 g/mol. The molecule has 0 unspecified atom stereocenters. The van der Waals surface area contributed by atoms with E-state index in [-0.39, 0.29) is 16.1 Å². The average Bonchev–Trinajstić information content (AvgIpc) is 2.39. The van der Waals surface area contributed by atoms with Crippen LogP contribution in [0.25, 0.3) is 0 Å². The molecule has 0 saturated carbocycles. The van der Waals surface area contributed by atoms with Gasteiger partial charge in [0, 0.05) is 10.6 Å². The summed E-state index contributed by atoms with van der Waals surface area (Å²) >= 11 is 9.52. The van der Waals surface area contributed by atoms with Crippen LogP contribution in [0.15, 0.2) is 47.4 Å². The van der Waals surface area contributed by atoms with Crippen LogP contribution in [0.3, 0.4) is 0 Å². The second-order valence-electron chi connectivity index (χ2n) is 3.87. The first-order chi connectivity index (χ1) is 9.82. The van der Waals surface area contributed by atoms with Crippen LogP contribution in [0, 0.1) is 0 Å². The minimum Gasteiger partial charge on any atom is -0.478 e. The Hall–Kier alpha value is -2.18. The quantitative estimate of drug-likeness (QED) is 0.501. The van der Waals surface area contributed by atoms with E-state index in [1.165, 1.54) is 24.3 Å². The Balaban J connectivity index is 0.000000211. The summed E-state index contributed by atoms with van der Waals surface area (Å²) in [4.78, 5) is 21.3. The van der Waals surface area contributed by atoms with Gasteiger partial charge in [-0.3, -0.25) is 0 Å². The summed E-state index contributed by atoms with van der Waals surface area (Å²) in [6.07, 6.45) is 0. The molecule has 0 aliphatic heterocycles. The minimum atomic E-state index is -1.05. The van der Waals surface area contributed by atoms with Gasteiger partial charge in [-0.2, -0.15) is 0 Å². The maximum absolute atomic E-state index is 10.4. The van der Waals surface area contributed by atoms with Crippen molar-refractivity contribution in [3.05, 3.63) is 58.6 Å². The third-order valence-corrected chi connectivity index (χ3v) is 3.06. The molecule has 0 spiro atoms. The fraction of sp³-hybridized carbons (Fsp3) is 0. The highest BCUT2D eigenvalue weighted by atomic mass is 35.5. The molecular formula is C14H12ClNO4S. The standard InChI is InChI=1S/C7H6ClNO2.C7H6O2S/c8-6-3-4(9)1-2-5(6)7(10)11;8-7(9)5-3-1-2-4-6(5)10/h1-3H,9H2,(H,10,11);1-4,10H,(H,8,9). The van der Waals surface area contributed by atoms with Gasteiger partial charge < -0.3 is 15.9 Å². The molecule has 0 aliphatic rings. The molecule has 0 heterocycles. The SMILES string of the molecule is Nc1ccc(C(=O)O)c(Cl)c1.O=C(O)c1ccccc1S. The molecule has 2 rings (SSSR count). The first-order valence-electron chi connectivity index (χ1n) is 5.62. The third kappa shape index (κ3) is 5.02. The average molecular weight is 326 g/mol. The van der Waals surface area contributed by atoms with Crippen LogP contribution in [-0.2, 0) is 0 Å². The van der Waals surface area contributed by atoms with E-state index in [2.05, 4.69) is 12.6 Å². The van der Waals surface area contributed by atoms with Crippen molar-refractivity contribution in [3.8, 4) is 0 Å². The molecule has 0 radical (unpaired) electrons. The van der Waals surface area contributed by atoms with E-state index in [1.807, 2.05) is 0 Å². The van der Waals surface area contributed by atoms with Crippen LogP contribution in [0.2, 0.25) is 5.02 Å². The summed E-state index contributed by atoms with van der Waals surface area (Å²) in [5, 5.41) is 17.2. The van der Waals surface area contributed by atoms with E-state index in [9.17, 15) is 9.59 Å². The lowest BCUT2D eigenvalue weighted by Crippen LogP contribution is -1.97. The van der Waals surface area contributed by atoms with Gasteiger partial charge in [-0.25, -0.2) is 9.59 Å². The van der Waals surface area contributed by atoms with Crippen molar-refractivity contribution in [2.24, 2.45) is 0 Å². The normalized spacial score (nSPS) is 9.43. The molecule has 0 atom stereocenters. The van der Waals surface area contributed by atoms with Crippen LogP contribution >= 0.6 is 24.2 Å². The Kier molecular flexibility index (Phi) is 6.08. The lowest BCUT2D eigenvalue weighted by molar-refractivity contribution is 0.0684. The number of carboxylic acid groups (broad SMARTS) is 2. The molecule has 0 aromatic heterocycles. The number of nitrogens with two attached hydrogens (primary N) is 1. The fourth-order valence-electron chi connectivity index (χ4n) is 1.36. The zero-order chi connectivity index (χ0) is 16.0. The van der Waals surface area contributed by atoms with E-state index in [0.29, 0.717) is 10.6 Å². The highest BCUT2D eigenvalue weighted by Crippen LogP contribution is 2.18. The van der Waals surface area contributed by atoms with Gasteiger partial charge in [-0.05, 0) is 30.3 Å². The summed E-state index contributed by atoms with van der Waals surface area (Å²) in [6, 6.07) is 10.9. The van der Waals surface area contributed by atoms with Crippen molar-refractivity contribution in [1.82, 2.24) is 0 Å². The van der Waals surface area contributed by atoms with Crippen molar-refractivity contribution < 1.29 is 19.8 Å². The maximum atomic E-state index is 10.4. The fourth-order valence-corrected chi connectivity index (χ4v) is 1.89. The van der Waals surface area contributed by atoms with E-state index in [0.717, 1.165) is 0 Å². The smallest absolute Gasteiger partial charge is 0.337 e. The summed E-state index contributed by atoms with van der Waals surface area (Å²) in [7, 11) is 0. The van der Waals surface area contributed by atoms with Crippen molar-refractivity contribution in [2.75, 3.05) is 5.73 Å². The van der Waals surface area contributed by atoms with Gasteiger partial charge in [-0.15, -0.1) is 12.6 Å². The van der Waals surface area contributed by atoms with Crippen LogP contribution in [-0.4, -0.2) is 22.2 Å². The molecule has 5 nitrogen and oxygen atoms in total. The largest absolute Gasteiger partial charge is 0.478 e. The van der Waals surface area contributed by atoms with E-state index >= 15 is 0 Å². The van der Waals surface area contributed by atoms with Gasteiger partial charge in [0.2, 0.25) is 0 Å². The van der Waals surface area contributed by atoms with Gasteiger partial charge in [0.25, 0.3) is 0 Å². The molecule has 4 N–H and O–H groups in total. The van der Waals surface area contributed by atoms with Crippen molar-refractivity contribution in [2.45, 2.75) is 4.90 Å². The number of carboxylic acids is 2. The third-order valence-electron chi connectivity index (χ3n) is 2.36. The highest BCUT2D eigenvalue weighted by molar-refractivity contribution is 7.80. The Morgan fingerprint density at radius 3 is 2.00 bits per heavy atom. The van der Waals surface area contributed by atoms with E-state index < -0.39 is 11.9 Å². The van der Waals surface area contributed by atoms with Crippen molar-refractivity contribution in [1.29, 1.82) is 0 Å². The Morgan fingerprint density at radius 2 is 1.57 bits per heavy atom. The number of anilines is 1. The molecule has 7 heteroatoms. The second-order valence-corrected chi connectivity index (χ2v) is 4.76. The van der Waals surface area contributed by atoms with Gasteiger partial charge in [0.15, 0.2) is 0 Å². The van der Waals surface area contributed by atoms with Crippen LogP contribution in [0.4, 0.5) is 5.69 Å². The molecule has 110 valence electrons. The van der Waals surface area contributed by atoms with E-state index in [1.54, 1.807) is 18.2 Å². The van der Waals surface area contributed by atoms with Crippen molar-refractivity contribution >= 4 is 41.9 Å². The zero-order valence-electron chi connectivity index (χ0n) is 10.7. The first kappa shape index (κ1) is 16.9. The predicted octanol–water partition coefficient (Wildman–Crippen LogP) is 3.29. The minimum absolute atomic E-state index is 0.0702. The lowest BCUT2D eigenvalue weighted by atomic mass is 10.2. The number of benzene rings is 2. The first-order valence-corrected chi connectivity index (χ1v) is 6.45. The topological polar surface area (TPSA) is 101 Å². The number of carbonyl (C=O) groups is 2. The number of rotatable bonds is 2. The van der Waals surface area contributed by atoms with Crippen LogP contribution in [0.1, 0.15) is 20.7 Å². The number of thiol groups is 1. The van der Waals surface area contributed by atoms with E-state index in [4.69, 9.17) is 27.5 Å². The summed E-state index contributed by atoms with van der Waals surface area (Å²) in [5.41, 5.74) is 6.12. The molecule has 0 amide bonds. The Bertz CT molecular complexity index is 676. The van der Waals surface area contributed by atoms with Gasteiger partial charge in [0.05, 0.1) is 16.1 Å². The molecule has 21 heavy (non-hydrogen) atoms. The van der Waals surface area contributed by atoms with Gasteiger partial charge in [-0.1, -0.05) is 23.7 Å². The number of nitrogen functional groups attached to an aromatic ring is 1. The molecule has 0 fully saturated rings. The molecule has 2 aromatic rings. The maximum Gasteiger partial charge on any atom is 0.337 e. The van der Waals surface area contributed by atoms with Gasteiger partial charge >= 0.3 is 11.9 Å². The summed E-state index contributed by atoms with van der Waals surface area (Å²) in [5.74, 6) is -1.99. The van der Waals surface area contributed by atoms with Crippen LogP contribution in [0.5, 0.6) is 0 Å². The molecule has 0 bridgehead atoms.